The topological polar surface area (TPSA) is 130 Å². The standard InChI is InChI=1S/C24H38N8O2/c1-23(2,3)21(33)25-9-7-18-28-20(31-29-18)16-11-14(16)15-12-17(15)32-13-27-30-19(32)8-10-26-22(34)24(4,5)6/h13-17H,7-12H2,1-6H3,(H,25,33)(H,26,34)(H,28,29,31). The van der Waals surface area contributed by atoms with Crippen LogP contribution < -0.4 is 10.6 Å². The lowest BCUT2D eigenvalue weighted by atomic mass is 9.96. The second-order valence-electron chi connectivity index (χ2n) is 11.8. The minimum Gasteiger partial charge on any atom is -0.355 e. The van der Waals surface area contributed by atoms with E-state index in [2.05, 4.69) is 40.6 Å². The summed E-state index contributed by atoms with van der Waals surface area (Å²) in [6.45, 7) is 12.6. The van der Waals surface area contributed by atoms with Crippen molar-refractivity contribution in [3.63, 3.8) is 0 Å². The SMILES string of the molecule is CC(C)(C)C(=O)NCCc1nc(C2CC2C2CC2n2cnnc2CCNC(=O)C(C)(C)C)n[nH]1. The highest BCUT2D eigenvalue weighted by Crippen LogP contribution is 2.63. The minimum absolute atomic E-state index is 0.0409. The number of rotatable bonds is 9. The van der Waals surface area contributed by atoms with E-state index in [-0.39, 0.29) is 17.2 Å². The third-order valence-electron chi connectivity index (χ3n) is 6.72. The summed E-state index contributed by atoms with van der Waals surface area (Å²) in [4.78, 5) is 28.8. The van der Waals surface area contributed by atoms with E-state index >= 15 is 0 Å². The maximum atomic E-state index is 12.1. The molecule has 4 rings (SSSR count). The number of carbonyl (C=O) groups excluding carboxylic acids is 2. The van der Waals surface area contributed by atoms with E-state index in [0.29, 0.717) is 49.7 Å². The summed E-state index contributed by atoms with van der Waals surface area (Å²) in [6, 6.07) is 0.421. The monoisotopic (exact) mass is 470 g/mol. The Morgan fingerprint density at radius 1 is 1.00 bits per heavy atom. The van der Waals surface area contributed by atoms with E-state index in [1.165, 1.54) is 0 Å². The first-order chi connectivity index (χ1) is 15.9. The number of hydrogen-bond acceptors (Lipinski definition) is 6. The van der Waals surface area contributed by atoms with Crippen LogP contribution in [-0.2, 0) is 22.4 Å². The molecule has 2 aromatic rings. The predicted molar refractivity (Wildman–Crippen MR) is 127 cm³/mol. The molecule has 10 heteroatoms. The summed E-state index contributed by atoms with van der Waals surface area (Å²) in [6.07, 6.45) is 5.37. The van der Waals surface area contributed by atoms with E-state index in [1.54, 1.807) is 0 Å². The van der Waals surface area contributed by atoms with Crippen LogP contribution in [0.15, 0.2) is 6.33 Å². The smallest absolute Gasteiger partial charge is 0.225 e. The third-order valence-corrected chi connectivity index (χ3v) is 6.72. The largest absolute Gasteiger partial charge is 0.355 e. The maximum absolute atomic E-state index is 12.1. The zero-order valence-electron chi connectivity index (χ0n) is 21.2. The average molecular weight is 471 g/mol. The van der Waals surface area contributed by atoms with Crippen molar-refractivity contribution in [2.45, 2.75) is 79.2 Å². The molecule has 2 aliphatic carbocycles. The maximum Gasteiger partial charge on any atom is 0.225 e. The van der Waals surface area contributed by atoms with Crippen molar-refractivity contribution >= 4 is 11.8 Å². The van der Waals surface area contributed by atoms with Gasteiger partial charge in [-0.1, -0.05) is 41.5 Å². The third kappa shape index (κ3) is 5.64. The van der Waals surface area contributed by atoms with Gasteiger partial charge in [0.2, 0.25) is 11.8 Å². The van der Waals surface area contributed by atoms with Crippen LogP contribution in [0.4, 0.5) is 0 Å². The Morgan fingerprint density at radius 2 is 1.65 bits per heavy atom. The molecule has 2 amide bonds. The lowest BCUT2D eigenvalue weighted by Crippen LogP contribution is -2.36. The zero-order valence-corrected chi connectivity index (χ0v) is 21.2. The summed E-state index contributed by atoms with van der Waals surface area (Å²) in [5.74, 6) is 4.31. The van der Waals surface area contributed by atoms with Gasteiger partial charge in [0.05, 0.1) is 0 Å². The van der Waals surface area contributed by atoms with Crippen LogP contribution in [0, 0.1) is 22.7 Å². The van der Waals surface area contributed by atoms with Gasteiger partial charge >= 0.3 is 0 Å². The molecule has 0 bridgehead atoms. The first kappa shape index (κ1) is 24.3. The highest BCUT2D eigenvalue weighted by atomic mass is 16.2. The van der Waals surface area contributed by atoms with E-state index in [9.17, 15) is 9.59 Å². The van der Waals surface area contributed by atoms with Crippen molar-refractivity contribution < 1.29 is 9.59 Å². The first-order valence-electron chi connectivity index (χ1n) is 12.3. The Morgan fingerprint density at radius 3 is 2.29 bits per heavy atom. The fourth-order valence-electron chi connectivity index (χ4n) is 4.39. The molecule has 34 heavy (non-hydrogen) atoms. The summed E-state index contributed by atoms with van der Waals surface area (Å²) >= 11 is 0. The van der Waals surface area contributed by atoms with Gasteiger partial charge in [-0.15, -0.1) is 10.2 Å². The molecule has 4 atom stereocenters. The Hall–Kier alpha value is -2.78. The van der Waals surface area contributed by atoms with Gasteiger partial charge in [0.25, 0.3) is 0 Å². The molecular weight excluding hydrogens is 432 g/mol. The van der Waals surface area contributed by atoms with Crippen molar-refractivity contribution in [2.75, 3.05) is 13.1 Å². The fourth-order valence-corrected chi connectivity index (χ4v) is 4.39. The number of nitrogens with one attached hydrogen (secondary N) is 3. The van der Waals surface area contributed by atoms with Crippen LogP contribution in [0.5, 0.6) is 0 Å². The van der Waals surface area contributed by atoms with Crippen molar-refractivity contribution in [1.82, 2.24) is 40.6 Å². The van der Waals surface area contributed by atoms with Crippen LogP contribution >= 0.6 is 0 Å². The lowest BCUT2D eigenvalue weighted by molar-refractivity contribution is -0.129. The van der Waals surface area contributed by atoms with E-state index < -0.39 is 5.41 Å². The molecule has 0 spiro atoms. The molecule has 0 radical (unpaired) electrons. The van der Waals surface area contributed by atoms with Gasteiger partial charge in [-0.25, -0.2) is 4.98 Å². The predicted octanol–water partition coefficient (Wildman–Crippen LogP) is 2.17. The molecule has 2 saturated carbocycles. The van der Waals surface area contributed by atoms with Crippen molar-refractivity contribution in [1.29, 1.82) is 0 Å². The summed E-state index contributed by atoms with van der Waals surface area (Å²) in [5, 5.41) is 21.8. The van der Waals surface area contributed by atoms with Crippen LogP contribution in [0.2, 0.25) is 0 Å². The normalized spacial score (nSPS) is 24.1. The van der Waals surface area contributed by atoms with Crippen molar-refractivity contribution in [2.24, 2.45) is 22.7 Å². The molecule has 2 heterocycles. The van der Waals surface area contributed by atoms with Gasteiger partial charge in [-0.2, -0.15) is 5.10 Å². The fraction of sp³-hybridized carbons (Fsp3) is 0.750. The van der Waals surface area contributed by atoms with Gasteiger partial charge in [0.1, 0.15) is 18.0 Å². The molecule has 3 N–H and O–H groups in total. The van der Waals surface area contributed by atoms with Crippen LogP contribution in [0.3, 0.4) is 0 Å². The number of amides is 2. The molecule has 0 aliphatic heterocycles. The number of carbonyl (C=O) groups is 2. The van der Waals surface area contributed by atoms with Crippen LogP contribution in [0.1, 0.15) is 83.8 Å². The van der Waals surface area contributed by atoms with Gasteiger partial charge in [-0.05, 0) is 24.7 Å². The second-order valence-corrected chi connectivity index (χ2v) is 11.8. The number of nitrogens with zero attached hydrogens (tertiary/aromatic N) is 5. The Bertz CT molecular complexity index is 1030. The van der Waals surface area contributed by atoms with Gasteiger partial charge in [-0.3, -0.25) is 14.7 Å². The van der Waals surface area contributed by atoms with Gasteiger partial charge in [0.15, 0.2) is 5.82 Å². The Labute approximate surface area is 201 Å². The molecule has 186 valence electrons. The number of aromatic nitrogens is 6. The van der Waals surface area contributed by atoms with Gasteiger partial charge in [0, 0.05) is 48.7 Å². The number of hydrogen-bond donors (Lipinski definition) is 3. The highest BCUT2D eigenvalue weighted by molar-refractivity contribution is 5.81. The minimum atomic E-state index is -0.392. The van der Waals surface area contributed by atoms with E-state index in [4.69, 9.17) is 0 Å². The summed E-state index contributed by atoms with van der Waals surface area (Å²) in [7, 11) is 0. The molecule has 4 unspecified atom stereocenters. The van der Waals surface area contributed by atoms with Crippen molar-refractivity contribution in [3.8, 4) is 0 Å². The summed E-state index contributed by atoms with van der Waals surface area (Å²) in [5.41, 5.74) is -0.781. The molecule has 2 aromatic heterocycles. The molecule has 2 aliphatic rings. The quantitative estimate of drug-likeness (QED) is 0.515. The lowest BCUT2D eigenvalue weighted by Gasteiger charge is -2.17. The highest BCUT2D eigenvalue weighted by Gasteiger charge is 2.56. The Kier molecular flexibility index (Phi) is 6.52. The zero-order chi connectivity index (χ0) is 24.7. The second kappa shape index (κ2) is 9.11. The average Bonchev–Trinajstić information content (AvgIpc) is 3.61. The molecule has 0 saturated heterocycles. The molecular formula is C24H38N8O2. The van der Waals surface area contributed by atoms with Crippen LogP contribution in [-0.4, -0.2) is 54.8 Å². The van der Waals surface area contributed by atoms with Gasteiger partial charge < -0.3 is 15.2 Å². The number of H-pyrrole nitrogens is 1. The molecule has 0 aromatic carbocycles. The van der Waals surface area contributed by atoms with E-state index in [0.717, 1.165) is 30.3 Å². The summed E-state index contributed by atoms with van der Waals surface area (Å²) < 4.78 is 2.19. The Balaban J connectivity index is 1.23. The van der Waals surface area contributed by atoms with E-state index in [1.807, 2.05) is 47.9 Å². The molecule has 2 fully saturated rings. The molecule has 10 nitrogen and oxygen atoms in total. The van der Waals surface area contributed by atoms with Crippen LogP contribution in [0.25, 0.3) is 0 Å². The first-order valence-corrected chi connectivity index (χ1v) is 12.3. The number of aromatic amines is 1. The van der Waals surface area contributed by atoms with Crippen molar-refractivity contribution in [3.05, 3.63) is 23.8 Å².